The van der Waals surface area contributed by atoms with Gasteiger partial charge in [0.1, 0.15) is 5.75 Å². The zero-order valence-electron chi connectivity index (χ0n) is 9.55. The molecule has 0 amide bonds. The van der Waals surface area contributed by atoms with Gasteiger partial charge >= 0.3 is 0 Å². The number of phenolic OH excluding ortho intramolecular Hbond substituents is 1. The molecular formula is C16H10OS. The summed E-state index contributed by atoms with van der Waals surface area (Å²) < 4.78 is 0. The lowest BCUT2D eigenvalue weighted by atomic mass is 9.97. The van der Waals surface area contributed by atoms with Gasteiger partial charge < -0.3 is 5.11 Å². The minimum Gasteiger partial charge on any atom is -0.508 e. The van der Waals surface area contributed by atoms with Gasteiger partial charge in [-0.1, -0.05) is 42.1 Å². The molecule has 0 fully saturated rings. The maximum atomic E-state index is 9.62. The van der Waals surface area contributed by atoms with Crippen LogP contribution in [0.3, 0.4) is 0 Å². The third kappa shape index (κ3) is 1.30. The Bertz CT molecular complexity index is 772. The van der Waals surface area contributed by atoms with Crippen LogP contribution < -0.4 is 0 Å². The molecule has 1 nitrogen and oxygen atoms in total. The maximum absolute atomic E-state index is 9.62. The van der Waals surface area contributed by atoms with Crippen molar-refractivity contribution in [3.63, 3.8) is 0 Å². The smallest absolute Gasteiger partial charge is 0.116 e. The molecule has 3 aromatic carbocycles. The predicted octanol–water partition coefficient (Wildman–Crippen LogP) is 4.68. The van der Waals surface area contributed by atoms with Crippen LogP contribution in [0.25, 0.3) is 21.9 Å². The Labute approximate surface area is 109 Å². The number of rotatable bonds is 0. The SMILES string of the molecule is Oc1ccc2c(c1)Sc1cccc3cccc-2c13. The second-order valence-corrected chi connectivity index (χ2v) is 5.53. The number of aromatic hydroxyl groups is 1. The van der Waals surface area contributed by atoms with E-state index in [-0.39, 0.29) is 0 Å². The summed E-state index contributed by atoms with van der Waals surface area (Å²) in [7, 11) is 0. The van der Waals surface area contributed by atoms with Crippen molar-refractivity contribution in [3.05, 3.63) is 54.6 Å². The van der Waals surface area contributed by atoms with Crippen LogP contribution in [0.5, 0.6) is 5.75 Å². The Balaban J connectivity index is 2.17. The molecule has 0 aliphatic carbocycles. The van der Waals surface area contributed by atoms with E-state index in [1.807, 2.05) is 12.1 Å². The molecule has 0 saturated heterocycles. The van der Waals surface area contributed by atoms with E-state index in [1.54, 1.807) is 17.8 Å². The molecule has 0 unspecified atom stereocenters. The molecule has 0 bridgehead atoms. The first-order chi connectivity index (χ1) is 8.83. The van der Waals surface area contributed by atoms with Gasteiger partial charge in [-0.25, -0.2) is 0 Å². The summed E-state index contributed by atoms with van der Waals surface area (Å²) in [5.74, 6) is 0.327. The summed E-state index contributed by atoms with van der Waals surface area (Å²) >= 11 is 1.73. The lowest BCUT2D eigenvalue weighted by Crippen LogP contribution is -1.92. The summed E-state index contributed by atoms with van der Waals surface area (Å²) in [6, 6.07) is 18.4. The molecule has 1 heterocycles. The first-order valence-electron chi connectivity index (χ1n) is 5.86. The normalized spacial score (nSPS) is 12.4. The summed E-state index contributed by atoms with van der Waals surface area (Å²) in [5, 5.41) is 12.2. The second kappa shape index (κ2) is 3.53. The highest BCUT2D eigenvalue weighted by Crippen LogP contribution is 2.48. The molecule has 18 heavy (non-hydrogen) atoms. The van der Waals surface area contributed by atoms with E-state index in [1.165, 1.54) is 26.8 Å². The van der Waals surface area contributed by atoms with Gasteiger partial charge in [0.25, 0.3) is 0 Å². The Morgan fingerprint density at radius 2 is 1.61 bits per heavy atom. The van der Waals surface area contributed by atoms with Crippen molar-refractivity contribution in [1.82, 2.24) is 0 Å². The highest BCUT2D eigenvalue weighted by atomic mass is 32.2. The second-order valence-electron chi connectivity index (χ2n) is 4.44. The Morgan fingerprint density at radius 1 is 0.778 bits per heavy atom. The van der Waals surface area contributed by atoms with E-state index in [2.05, 4.69) is 36.4 Å². The van der Waals surface area contributed by atoms with Crippen molar-refractivity contribution in [3.8, 4) is 16.9 Å². The fourth-order valence-corrected chi connectivity index (χ4v) is 3.73. The first kappa shape index (κ1) is 10.0. The third-order valence-electron chi connectivity index (χ3n) is 3.34. The fraction of sp³-hybridized carbons (Fsp3) is 0. The van der Waals surface area contributed by atoms with Crippen LogP contribution in [0.2, 0.25) is 0 Å². The van der Waals surface area contributed by atoms with Gasteiger partial charge in [-0.2, -0.15) is 0 Å². The van der Waals surface area contributed by atoms with Crippen molar-refractivity contribution >= 4 is 22.5 Å². The van der Waals surface area contributed by atoms with E-state index in [0.29, 0.717) is 5.75 Å². The van der Waals surface area contributed by atoms with E-state index in [0.717, 1.165) is 4.90 Å². The van der Waals surface area contributed by atoms with Gasteiger partial charge in [0.05, 0.1) is 0 Å². The molecule has 0 aromatic heterocycles. The van der Waals surface area contributed by atoms with Crippen molar-refractivity contribution < 1.29 is 5.11 Å². The largest absolute Gasteiger partial charge is 0.508 e. The maximum Gasteiger partial charge on any atom is 0.116 e. The van der Waals surface area contributed by atoms with Crippen molar-refractivity contribution in [2.24, 2.45) is 0 Å². The summed E-state index contributed by atoms with van der Waals surface area (Å²) in [6.07, 6.45) is 0. The number of phenols is 1. The van der Waals surface area contributed by atoms with Gasteiger partial charge in [-0.3, -0.25) is 0 Å². The highest BCUT2D eigenvalue weighted by Gasteiger charge is 2.18. The van der Waals surface area contributed by atoms with Crippen molar-refractivity contribution in [2.75, 3.05) is 0 Å². The van der Waals surface area contributed by atoms with E-state index in [9.17, 15) is 5.11 Å². The Morgan fingerprint density at radius 3 is 2.50 bits per heavy atom. The summed E-state index contributed by atoms with van der Waals surface area (Å²) in [4.78, 5) is 2.39. The molecule has 2 heteroatoms. The molecule has 86 valence electrons. The van der Waals surface area contributed by atoms with Gasteiger partial charge in [0.2, 0.25) is 0 Å². The fourth-order valence-electron chi connectivity index (χ4n) is 2.55. The molecule has 1 aliphatic rings. The number of hydrogen-bond acceptors (Lipinski definition) is 2. The molecule has 0 atom stereocenters. The zero-order valence-corrected chi connectivity index (χ0v) is 10.4. The highest BCUT2D eigenvalue weighted by molar-refractivity contribution is 7.99. The lowest BCUT2D eigenvalue weighted by Gasteiger charge is -2.20. The third-order valence-corrected chi connectivity index (χ3v) is 4.46. The molecule has 0 spiro atoms. The van der Waals surface area contributed by atoms with E-state index in [4.69, 9.17) is 0 Å². The number of benzene rings is 3. The van der Waals surface area contributed by atoms with Gasteiger partial charge in [-0.15, -0.1) is 0 Å². The molecule has 4 rings (SSSR count). The Hall–Kier alpha value is -1.93. The molecule has 1 N–H and O–H groups in total. The summed E-state index contributed by atoms with van der Waals surface area (Å²) in [5.41, 5.74) is 2.47. The topological polar surface area (TPSA) is 20.2 Å². The van der Waals surface area contributed by atoms with Crippen LogP contribution in [0, 0.1) is 0 Å². The van der Waals surface area contributed by atoms with Crippen LogP contribution in [0.4, 0.5) is 0 Å². The van der Waals surface area contributed by atoms with Crippen molar-refractivity contribution in [2.45, 2.75) is 9.79 Å². The minimum atomic E-state index is 0.327. The van der Waals surface area contributed by atoms with Gasteiger partial charge in [0, 0.05) is 15.2 Å². The van der Waals surface area contributed by atoms with Crippen molar-refractivity contribution in [1.29, 1.82) is 0 Å². The van der Waals surface area contributed by atoms with Crippen LogP contribution in [-0.2, 0) is 0 Å². The lowest BCUT2D eigenvalue weighted by molar-refractivity contribution is 0.474. The minimum absolute atomic E-state index is 0.327. The number of hydrogen-bond donors (Lipinski definition) is 1. The molecule has 0 radical (unpaired) electrons. The molecule has 0 saturated carbocycles. The molecule has 3 aromatic rings. The monoisotopic (exact) mass is 250 g/mol. The average molecular weight is 250 g/mol. The zero-order chi connectivity index (χ0) is 12.1. The quantitative estimate of drug-likeness (QED) is 0.489. The predicted molar refractivity (Wildman–Crippen MR) is 75.2 cm³/mol. The average Bonchev–Trinajstić information content (AvgIpc) is 2.39. The van der Waals surface area contributed by atoms with Gasteiger partial charge in [0.15, 0.2) is 0 Å². The van der Waals surface area contributed by atoms with E-state index < -0.39 is 0 Å². The molecular weight excluding hydrogens is 240 g/mol. The van der Waals surface area contributed by atoms with Crippen LogP contribution in [0.15, 0.2) is 64.4 Å². The summed E-state index contributed by atoms with van der Waals surface area (Å²) in [6.45, 7) is 0. The molecule has 1 aliphatic heterocycles. The number of fused-ring (bicyclic) bond motifs is 2. The first-order valence-corrected chi connectivity index (χ1v) is 6.67. The van der Waals surface area contributed by atoms with Crippen LogP contribution in [-0.4, -0.2) is 5.11 Å². The van der Waals surface area contributed by atoms with E-state index >= 15 is 0 Å². The standard InChI is InChI=1S/C16H10OS/c17-11-7-8-12-13-5-1-3-10-4-2-6-14(16(10)13)18-15(12)9-11/h1-9,17H. The van der Waals surface area contributed by atoms with Crippen LogP contribution in [0.1, 0.15) is 0 Å². The van der Waals surface area contributed by atoms with Gasteiger partial charge in [-0.05, 0) is 40.8 Å². The Kier molecular flexibility index (Phi) is 1.97. The van der Waals surface area contributed by atoms with Crippen LogP contribution >= 0.6 is 11.8 Å².